The lowest BCUT2D eigenvalue weighted by atomic mass is 10.0. The molecule has 2 aromatic rings. The van der Waals surface area contributed by atoms with Crippen LogP contribution < -0.4 is 9.47 Å². The lowest BCUT2D eigenvalue weighted by molar-refractivity contribution is -0.141. The van der Waals surface area contributed by atoms with Gasteiger partial charge in [0, 0.05) is 13.6 Å². The third-order valence-corrected chi connectivity index (χ3v) is 5.20. The first-order chi connectivity index (χ1) is 13.8. The number of alkyl halides is 3. The number of benzene rings is 1. The Kier molecular flexibility index (Phi) is 6.04. The van der Waals surface area contributed by atoms with Crippen LogP contribution in [0.25, 0.3) is 0 Å². The van der Waals surface area contributed by atoms with Crippen LogP contribution in [0.1, 0.15) is 53.5 Å². The van der Waals surface area contributed by atoms with Gasteiger partial charge in [0.25, 0.3) is 5.91 Å². The van der Waals surface area contributed by atoms with Crippen LogP contribution in [-0.4, -0.2) is 41.4 Å². The molecule has 1 fully saturated rings. The Morgan fingerprint density at radius 1 is 1.14 bits per heavy atom. The number of carbonyl (C=O) groups excluding carboxylic acids is 1. The maximum atomic E-state index is 13.5. The van der Waals surface area contributed by atoms with E-state index in [1.807, 2.05) is 0 Å². The lowest BCUT2D eigenvalue weighted by Gasteiger charge is -2.31. The smallest absolute Gasteiger partial charge is 0.435 e. The normalized spacial score (nSPS) is 17.7. The third kappa shape index (κ3) is 4.18. The molecule has 0 bridgehead atoms. The van der Waals surface area contributed by atoms with E-state index in [1.165, 1.54) is 25.9 Å². The Balaban J connectivity index is 2.05. The average Bonchev–Trinajstić information content (AvgIpc) is 2.93. The SMILES string of the molecule is COc1cccc(OC)c1C(=O)N1CCCCCC1c1cc(C(F)(F)F)nn1C. The maximum absolute atomic E-state index is 13.5. The van der Waals surface area contributed by atoms with Crippen molar-refractivity contribution in [3.8, 4) is 11.5 Å². The van der Waals surface area contributed by atoms with Crippen molar-refractivity contribution in [3.63, 3.8) is 0 Å². The Labute approximate surface area is 167 Å². The number of ether oxygens (including phenoxy) is 2. The van der Waals surface area contributed by atoms with Crippen molar-refractivity contribution in [1.29, 1.82) is 0 Å². The van der Waals surface area contributed by atoms with Crippen LogP contribution in [0, 0.1) is 0 Å². The van der Waals surface area contributed by atoms with Gasteiger partial charge in [0.2, 0.25) is 0 Å². The number of hydrogen-bond acceptors (Lipinski definition) is 4. The quantitative estimate of drug-likeness (QED) is 0.756. The summed E-state index contributed by atoms with van der Waals surface area (Å²) in [5.41, 5.74) is -0.328. The molecule has 1 unspecified atom stereocenters. The molecule has 0 N–H and O–H groups in total. The largest absolute Gasteiger partial charge is 0.496 e. The van der Waals surface area contributed by atoms with Crippen LogP contribution >= 0.6 is 0 Å². The highest BCUT2D eigenvalue weighted by molar-refractivity contribution is 6.00. The molecule has 1 saturated heterocycles. The van der Waals surface area contributed by atoms with Crippen LogP contribution in [0.2, 0.25) is 0 Å². The minimum Gasteiger partial charge on any atom is -0.496 e. The third-order valence-electron chi connectivity index (χ3n) is 5.20. The highest BCUT2D eigenvalue weighted by Crippen LogP contribution is 2.37. The Morgan fingerprint density at radius 3 is 2.34 bits per heavy atom. The Morgan fingerprint density at radius 2 is 1.79 bits per heavy atom. The van der Waals surface area contributed by atoms with E-state index < -0.39 is 17.9 Å². The molecule has 0 radical (unpaired) electrons. The van der Waals surface area contributed by atoms with E-state index in [0.717, 1.165) is 25.3 Å². The fourth-order valence-electron chi connectivity index (χ4n) is 3.80. The van der Waals surface area contributed by atoms with Gasteiger partial charge < -0.3 is 14.4 Å². The van der Waals surface area contributed by atoms with Gasteiger partial charge >= 0.3 is 6.18 Å². The first-order valence-corrected chi connectivity index (χ1v) is 9.41. The predicted octanol–water partition coefficient (Wildman–Crippen LogP) is 4.21. The summed E-state index contributed by atoms with van der Waals surface area (Å²) in [6, 6.07) is 5.55. The van der Waals surface area contributed by atoms with Gasteiger partial charge in [-0.15, -0.1) is 0 Å². The first-order valence-electron chi connectivity index (χ1n) is 9.41. The monoisotopic (exact) mass is 411 g/mol. The maximum Gasteiger partial charge on any atom is 0.435 e. The second-order valence-corrected chi connectivity index (χ2v) is 6.98. The molecule has 0 spiro atoms. The van der Waals surface area contributed by atoms with Gasteiger partial charge in [-0.25, -0.2) is 0 Å². The van der Waals surface area contributed by atoms with Gasteiger partial charge in [-0.3, -0.25) is 9.48 Å². The van der Waals surface area contributed by atoms with Gasteiger partial charge in [0.05, 0.1) is 26.0 Å². The number of aromatic nitrogens is 2. The van der Waals surface area contributed by atoms with Gasteiger partial charge in [-0.2, -0.15) is 18.3 Å². The number of rotatable bonds is 4. The molecule has 158 valence electrons. The molecule has 2 heterocycles. The second kappa shape index (κ2) is 8.34. The molecule has 29 heavy (non-hydrogen) atoms. The predicted molar refractivity (Wildman–Crippen MR) is 100 cm³/mol. The first kappa shape index (κ1) is 21.0. The summed E-state index contributed by atoms with van der Waals surface area (Å²) >= 11 is 0. The second-order valence-electron chi connectivity index (χ2n) is 6.98. The van der Waals surface area contributed by atoms with Crippen LogP contribution in [-0.2, 0) is 13.2 Å². The summed E-state index contributed by atoms with van der Waals surface area (Å²) < 4.78 is 51.4. The van der Waals surface area contributed by atoms with Gasteiger partial charge in [0.15, 0.2) is 5.69 Å². The molecule has 1 aliphatic rings. The van der Waals surface area contributed by atoms with Crippen molar-refractivity contribution in [1.82, 2.24) is 14.7 Å². The summed E-state index contributed by atoms with van der Waals surface area (Å²) in [5, 5.41) is 3.63. The minimum atomic E-state index is -4.54. The van der Waals surface area contributed by atoms with Crippen molar-refractivity contribution in [2.24, 2.45) is 7.05 Å². The Hall–Kier alpha value is -2.71. The van der Waals surface area contributed by atoms with Crippen LogP contribution in [0.3, 0.4) is 0 Å². The molecule has 1 aromatic heterocycles. The standard InChI is InChI=1S/C20H24F3N3O3/c1-25-14(12-17(24-25)20(21,22)23)13-8-5-4-6-11-26(13)19(27)18-15(28-2)9-7-10-16(18)29-3/h7,9-10,12-13H,4-6,8,11H2,1-3H3. The van der Waals surface area contributed by atoms with E-state index in [4.69, 9.17) is 9.47 Å². The molecule has 9 heteroatoms. The van der Waals surface area contributed by atoms with E-state index in [-0.39, 0.29) is 11.5 Å². The fraction of sp³-hybridized carbons (Fsp3) is 0.500. The summed E-state index contributed by atoms with van der Waals surface area (Å²) in [4.78, 5) is 15.1. The molecule has 1 atom stereocenters. The van der Waals surface area contributed by atoms with Crippen LogP contribution in [0.5, 0.6) is 11.5 Å². The highest BCUT2D eigenvalue weighted by atomic mass is 19.4. The number of carbonyl (C=O) groups is 1. The number of likely N-dealkylation sites (tertiary alicyclic amines) is 1. The molecule has 0 aliphatic carbocycles. The molecule has 6 nitrogen and oxygen atoms in total. The number of amides is 1. The Bertz CT molecular complexity index is 857. The molecular formula is C20H24F3N3O3. The number of methoxy groups -OCH3 is 2. The number of halogens is 3. The highest BCUT2D eigenvalue weighted by Gasteiger charge is 2.38. The molecule has 0 saturated carbocycles. The molecular weight excluding hydrogens is 387 g/mol. The van der Waals surface area contributed by atoms with Crippen molar-refractivity contribution >= 4 is 5.91 Å². The van der Waals surface area contributed by atoms with Crippen molar-refractivity contribution < 1.29 is 27.4 Å². The van der Waals surface area contributed by atoms with E-state index >= 15 is 0 Å². The zero-order chi connectivity index (χ0) is 21.2. The summed E-state index contributed by atoms with van der Waals surface area (Å²) in [6.07, 6.45) is -1.51. The zero-order valence-corrected chi connectivity index (χ0v) is 16.6. The summed E-state index contributed by atoms with van der Waals surface area (Å²) in [7, 11) is 4.40. The number of aryl methyl sites for hydroxylation is 1. The molecule has 3 rings (SSSR count). The topological polar surface area (TPSA) is 56.6 Å². The molecule has 1 aliphatic heterocycles. The number of nitrogens with zero attached hydrogens (tertiary/aromatic N) is 3. The van der Waals surface area contributed by atoms with Crippen molar-refractivity contribution in [2.75, 3.05) is 20.8 Å². The van der Waals surface area contributed by atoms with Gasteiger partial charge in [-0.1, -0.05) is 18.9 Å². The zero-order valence-electron chi connectivity index (χ0n) is 16.6. The number of hydrogen-bond donors (Lipinski definition) is 0. The van der Waals surface area contributed by atoms with E-state index in [2.05, 4.69) is 5.10 Å². The van der Waals surface area contributed by atoms with Gasteiger partial charge in [0.1, 0.15) is 17.1 Å². The van der Waals surface area contributed by atoms with E-state index in [0.29, 0.717) is 30.2 Å². The van der Waals surface area contributed by atoms with E-state index in [9.17, 15) is 18.0 Å². The molecule has 1 aromatic carbocycles. The van der Waals surface area contributed by atoms with Crippen LogP contribution in [0.4, 0.5) is 13.2 Å². The molecule has 1 amide bonds. The fourth-order valence-corrected chi connectivity index (χ4v) is 3.80. The summed E-state index contributed by atoms with van der Waals surface area (Å²) in [5.74, 6) is 0.387. The van der Waals surface area contributed by atoms with Crippen molar-refractivity contribution in [2.45, 2.75) is 37.9 Å². The van der Waals surface area contributed by atoms with Crippen molar-refractivity contribution in [3.05, 3.63) is 41.2 Å². The summed E-state index contributed by atoms with van der Waals surface area (Å²) in [6.45, 7) is 0.428. The average molecular weight is 411 g/mol. The van der Waals surface area contributed by atoms with Crippen LogP contribution in [0.15, 0.2) is 24.3 Å². The van der Waals surface area contributed by atoms with Gasteiger partial charge in [-0.05, 0) is 31.0 Å². The minimum absolute atomic E-state index is 0.266. The van der Waals surface area contributed by atoms with E-state index in [1.54, 1.807) is 23.1 Å². The lowest BCUT2D eigenvalue weighted by Crippen LogP contribution is -2.36.